The Morgan fingerprint density at radius 3 is 2.42 bits per heavy atom. The molecule has 1 fully saturated rings. The Kier molecular flexibility index (Phi) is 9.79. The first-order chi connectivity index (χ1) is 25.4. The SMILES string of the molecule is CC[C@@]1(O)C(=O)CCc2c1cc1n(c2=O)Cc2c-1nc1ccccc1c2CCN(C(=O)OCOC(=O)C1CCC(CN2C(=O)C=CC2=O)CC1)C(C)C. The largest absolute Gasteiger partial charge is 0.428 e. The second kappa shape index (κ2) is 14.3. The molecule has 0 bridgehead atoms. The predicted molar refractivity (Wildman–Crippen MR) is 192 cm³/mol. The number of ether oxygens (including phenoxy) is 2. The zero-order chi connectivity index (χ0) is 37.6. The summed E-state index contributed by atoms with van der Waals surface area (Å²) in [6, 6.07) is 9.19. The lowest BCUT2D eigenvalue weighted by atomic mass is 9.77. The molecule has 1 atom stereocenters. The van der Waals surface area contributed by atoms with Crippen LogP contribution in [-0.2, 0) is 53.6 Å². The average molecular weight is 725 g/mol. The molecule has 1 saturated carbocycles. The number of benzene rings is 1. The fourth-order valence-electron chi connectivity index (χ4n) is 8.36. The predicted octanol–water partition coefficient (Wildman–Crippen LogP) is 4.16. The van der Waals surface area contributed by atoms with E-state index in [2.05, 4.69) is 0 Å². The van der Waals surface area contributed by atoms with Crippen LogP contribution in [0.3, 0.4) is 0 Å². The summed E-state index contributed by atoms with van der Waals surface area (Å²) >= 11 is 0. The first-order valence-electron chi connectivity index (χ1n) is 18.5. The quantitative estimate of drug-likeness (QED) is 0.143. The molecule has 278 valence electrons. The Morgan fingerprint density at radius 1 is 1.00 bits per heavy atom. The molecule has 13 nitrogen and oxygen atoms in total. The van der Waals surface area contributed by atoms with Crippen LogP contribution >= 0.6 is 0 Å². The van der Waals surface area contributed by atoms with E-state index in [4.69, 9.17) is 14.5 Å². The summed E-state index contributed by atoms with van der Waals surface area (Å²) in [5.41, 5.74) is 2.56. The van der Waals surface area contributed by atoms with Gasteiger partial charge in [-0.25, -0.2) is 9.78 Å². The standard InChI is InChI=1S/C40H44N4O9/c1-4-40(51)30-19-32-36-29(21-43(32)37(48)28(30)13-14-33(40)45)26(27-7-5-6-8-31(27)41-36)17-18-42(23(2)3)39(50)53-22-52-38(49)25-11-9-24(10-12-25)20-44-34(46)15-16-35(44)47/h5-8,15-16,19,23-25,51H,4,9-14,17-18,20-22H2,1-3H3/t24?,25?,40-/m0/s1. The van der Waals surface area contributed by atoms with Gasteiger partial charge in [0.15, 0.2) is 5.78 Å². The Bertz CT molecular complexity index is 2090. The van der Waals surface area contributed by atoms with E-state index in [-0.39, 0.29) is 73.4 Å². The van der Waals surface area contributed by atoms with Crippen molar-refractivity contribution < 1.29 is 38.6 Å². The van der Waals surface area contributed by atoms with Gasteiger partial charge in [-0.3, -0.25) is 28.9 Å². The molecule has 0 unspecified atom stereocenters. The van der Waals surface area contributed by atoms with Crippen molar-refractivity contribution in [1.82, 2.24) is 19.4 Å². The number of aliphatic hydroxyl groups is 1. The van der Waals surface area contributed by atoms with Crippen LogP contribution in [0.5, 0.6) is 0 Å². The number of aromatic nitrogens is 2. The average Bonchev–Trinajstić information content (AvgIpc) is 3.68. The molecular weight excluding hydrogens is 680 g/mol. The van der Waals surface area contributed by atoms with Gasteiger partial charge in [-0.1, -0.05) is 25.1 Å². The molecule has 2 aromatic heterocycles. The van der Waals surface area contributed by atoms with Gasteiger partial charge in [0.1, 0.15) is 5.60 Å². The highest BCUT2D eigenvalue weighted by Crippen LogP contribution is 2.41. The maximum Gasteiger partial charge on any atom is 0.412 e. The number of para-hydroxylation sites is 1. The fourth-order valence-corrected chi connectivity index (χ4v) is 8.36. The third kappa shape index (κ3) is 6.55. The summed E-state index contributed by atoms with van der Waals surface area (Å²) in [6.45, 7) is 5.85. The lowest BCUT2D eigenvalue weighted by molar-refractivity contribution is -0.159. The minimum atomic E-state index is -1.72. The van der Waals surface area contributed by atoms with Crippen molar-refractivity contribution >= 4 is 40.6 Å². The lowest BCUT2D eigenvalue weighted by Crippen LogP contribution is -2.43. The summed E-state index contributed by atoms with van der Waals surface area (Å²) in [5.74, 6) is -1.58. The highest BCUT2D eigenvalue weighted by atomic mass is 16.7. The zero-order valence-corrected chi connectivity index (χ0v) is 30.3. The van der Waals surface area contributed by atoms with Gasteiger partial charge in [-0.05, 0) is 82.4 Å². The number of esters is 1. The molecule has 53 heavy (non-hydrogen) atoms. The number of ketones is 1. The van der Waals surface area contributed by atoms with Gasteiger partial charge in [0, 0.05) is 59.8 Å². The number of imide groups is 1. The molecule has 3 amide bonds. The van der Waals surface area contributed by atoms with E-state index >= 15 is 0 Å². The third-order valence-corrected chi connectivity index (χ3v) is 11.5. The minimum absolute atomic E-state index is 0.110. The number of Topliss-reactive ketones (excluding diaryl/α,β-unsaturated/α-hetero) is 1. The first-order valence-corrected chi connectivity index (χ1v) is 18.5. The van der Waals surface area contributed by atoms with Gasteiger partial charge in [-0.2, -0.15) is 0 Å². The van der Waals surface area contributed by atoms with Crippen molar-refractivity contribution in [2.45, 2.75) is 90.3 Å². The number of hydrogen-bond acceptors (Lipinski definition) is 10. The summed E-state index contributed by atoms with van der Waals surface area (Å²) in [7, 11) is 0. The molecule has 4 aliphatic rings. The number of carbonyl (C=O) groups is 5. The van der Waals surface area contributed by atoms with Crippen molar-refractivity contribution in [1.29, 1.82) is 0 Å². The van der Waals surface area contributed by atoms with E-state index in [1.807, 2.05) is 38.1 Å². The summed E-state index contributed by atoms with van der Waals surface area (Å²) in [4.78, 5) is 84.4. The Morgan fingerprint density at radius 2 is 1.72 bits per heavy atom. The minimum Gasteiger partial charge on any atom is -0.428 e. The monoisotopic (exact) mass is 724 g/mol. The van der Waals surface area contributed by atoms with Crippen LogP contribution in [0.2, 0.25) is 0 Å². The van der Waals surface area contributed by atoms with Crippen LogP contribution in [0, 0.1) is 11.8 Å². The zero-order valence-electron chi connectivity index (χ0n) is 30.3. The molecule has 7 rings (SSSR count). The second-order valence-electron chi connectivity index (χ2n) is 14.8. The number of nitrogens with zero attached hydrogens (tertiary/aromatic N) is 4. The Labute approximate surface area is 306 Å². The number of amides is 3. The van der Waals surface area contributed by atoms with E-state index in [9.17, 15) is 33.9 Å². The Balaban J connectivity index is 1.02. The molecule has 0 spiro atoms. The molecule has 0 radical (unpaired) electrons. The van der Waals surface area contributed by atoms with Gasteiger partial charge in [0.2, 0.25) is 6.79 Å². The van der Waals surface area contributed by atoms with Crippen LogP contribution < -0.4 is 5.56 Å². The Hall–Kier alpha value is -5.17. The van der Waals surface area contributed by atoms with Crippen molar-refractivity contribution in [3.63, 3.8) is 0 Å². The van der Waals surface area contributed by atoms with Crippen molar-refractivity contribution in [2.75, 3.05) is 19.9 Å². The summed E-state index contributed by atoms with van der Waals surface area (Å²) < 4.78 is 12.5. The van der Waals surface area contributed by atoms with Crippen LogP contribution in [0.4, 0.5) is 4.79 Å². The third-order valence-electron chi connectivity index (χ3n) is 11.5. The van der Waals surface area contributed by atoms with Crippen LogP contribution in [0.1, 0.15) is 81.5 Å². The first kappa shape index (κ1) is 36.2. The highest BCUT2D eigenvalue weighted by molar-refractivity contribution is 6.12. The van der Waals surface area contributed by atoms with Crippen LogP contribution in [0.15, 0.2) is 47.3 Å². The molecule has 2 aliphatic heterocycles. The number of rotatable bonds is 10. The van der Waals surface area contributed by atoms with Gasteiger partial charge >= 0.3 is 12.1 Å². The van der Waals surface area contributed by atoms with E-state index in [0.29, 0.717) is 61.2 Å². The van der Waals surface area contributed by atoms with Crippen molar-refractivity contribution in [2.24, 2.45) is 11.8 Å². The van der Waals surface area contributed by atoms with E-state index in [1.165, 1.54) is 17.1 Å². The smallest absolute Gasteiger partial charge is 0.412 e. The van der Waals surface area contributed by atoms with E-state index in [1.54, 1.807) is 22.5 Å². The van der Waals surface area contributed by atoms with Gasteiger partial charge in [0.25, 0.3) is 17.4 Å². The number of carbonyl (C=O) groups excluding carboxylic acids is 5. The van der Waals surface area contributed by atoms with Crippen LogP contribution in [0.25, 0.3) is 22.3 Å². The van der Waals surface area contributed by atoms with Gasteiger partial charge in [-0.15, -0.1) is 0 Å². The van der Waals surface area contributed by atoms with Gasteiger partial charge < -0.3 is 24.0 Å². The summed E-state index contributed by atoms with van der Waals surface area (Å²) in [5, 5.41) is 12.3. The number of pyridine rings is 2. The fraction of sp³-hybridized carbons (Fsp3) is 0.475. The number of fused-ring (bicyclic) bond motifs is 5. The molecule has 0 saturated heterocycles. The topological polar surface area (TPSA) is 165 Å². The van der Waals surface area contributed by atoms with Crippen molar-refractivity contribution in [3.8, 4) is 11.4 Å². The molecule has 4 heterocycles. The lowest BCUT2D eigenvalue weighted by Gasteiger charge is -2.32. The number of hydrogen-bond donors (Lipinski definition) is 1. The van der Waals surface area contributed by atoms with Crippen LogP contribution in [-0.4, -0.2) is 80.0 Å². The maximum absolute atomic E-state index is 13.9. The van der Waals surface area contributed by atoms with E-state index in [0.717, 1.165) is 22.0 Å². The summed E-state index contributed by atoms with van der Waals surface area (Å²) in [6.07, 6.45) is 5.35. The van der Waals surface area contributed by atoms with Gasteiger partial charge in [0.05, 0.1) is 29.4 Å². The molecule has 1 aromatic carbocycles. The molecule has 3 aromatic rings. The maximum atomic E-state index is 13.9. The second-order valence-corrected chi connectivity index (χ2v) is 14.8. The van der Waals surface area contributed by atoms with Crippen molar-refractivity contribution in [3.05, 3.63) is 75.1 Å². The molecular formula is C40H44N4O9. The molecule has 2 aliphatic carbocycles. The molecule has 13 heteroatoms. The highest BCUT2D eigenvalue weighted by Gasteiger charge is 2.43. The van der Waals surface area contributed by atoms with E-state index < -0.39 is 24.5 Å². The normalized spacial score (nSPS) is 21.9. The molecule has 1 N–H and O–H groups in total.